The van der Waals surface area contributed by atoms with Gasteiger partial charge >= 0.3 is 17.9 Å². The van der Waals surface area contributed by atoms with Gasteiger partial charge in [0.25, 0.3) is 10.1 Å². The van der Waals surface area contributed by atoms with Gasteiger partial charge < -0.3 is 19.3 Å². The highest BCUT2D eigenvalue weighted by molar-refractivity contribution is 7.86. The summed E-state index contributed by atoms with van der Waals surface area (Å²) in [7, 11) is -2.48. The second kappa shape index (κ2) is 19.1. The number of rotatable bonds is 11. The van der Waals surface area contributed by atoms with E-state index in [0.717, 1.165) is 11.6 Å². The monoisotopic (exact) mass is 514 g/mol. The van der Waals surface area contributed by atoms with Crippen LogP contribution in [0.4, 0.5) is 0 Å². The molecule has 0 bridgehead atoms. The fraction of sp³-hybridized carbons (Fsp3) is 0.375. The van der Waals surface area contributed by atoms with Crippen molar-refractivity contribution in [2.75, 3.05) is 33.5 Å². The highest BCUT2D eigenvalue weighted by Crippen LogP contribution is 2.13. The van der Waals surface area contributed by atoms with E-state index in [2.05, 4.69) is 29.2 Å². The maximum Gasteiger partial charge on any atom is 0.333 e. The normalized spacial score (nSPS) is 9.74. The molecule has 0 saturated carbocycles. The van der Waals surface area contributed by atoms with Crippen molar-refractivity contribution in [1.29, 1.82) is 0 Å². The molecule has 1 aromatic carbocycles. The Morgan fingerprint density at radius 1 is 0.943 bits per heavy atom. The van der Waals surface area contributed by atoms with Crippen molar-refractivity contribution in [3.8, 4) is 0 Å². The number of aryl methyl sites for hydroxylation is 1. The number of carbonyl (C=O) groups excluding carboxylic acids is 3. The number of ether oxygens (including phenoxy) is 3. The number of esters is 3. The summed E-state index contributed by atoms with van der Waals surface area (Å²) in [5.74, 6) is -1.36. The average Bonchev–Trinajstić information content (AvgIpc) is 2.82. The third kappa shape index (κ3) is 17.8. The highest BCUT2D eigenvalue weighted by atomic mass is 32.2. The smallest absolute Gasteiger partial charge is 0.333 e. The van der Waals surface area contributed by atoms with E-state index in [1.165, 1.54) is 26.2 Å². The molecule has 0 spiro atoms. The van der Waals surface area contributed by atoms with Crippen molar-refractivity contribution in [1.82, 2.24) is 0 Å². The Morgan fingerprint density at radius 3 is 1.89 bits per heavy atom. The molecular formula is C24H34O10S. The Labute approximate surface area is 207 Å². The van der Waals surface area contributed by atoms with Gasteiger partial charge in [-0.3, -0.25) is 4.18 Å². The first-order valence-corrected chi connectivity index (χ1v) is 11.7. The topological polar surface area (TPSA) is 142 Å². The van der Waals surface area contributed by atoms with E-state index < -0.39 is 22.1 Å². The Morgan fingerprint density at radius 2 is 1.49 bits per heavy atom. The molecule has 1 rings (SSSR count). The lowest BCUT2D eigenvalue weighted by Crippen LogP contribution is -2.14. The van der Waals surface area contributed by atoms with E-state index in [0.29, 0.717) is 12.0 Å². The van der Waals surface area contributed by atoms with E-state index >= 15 is 0 Å². The van der Waals surface area contributed by atoms with Crippen molar-refractivity contribution >= 4 is 28.0 Å². The molecule has 11 heteroatoms. The molecule has 0 atom stereocenters. The Kier molecular flexibility index (Phi) is 18.5. The summed E-state index contributed by atoms with van der Waals surface area (Å²) >= 11 is 0. The maximum absolute atomic E-state index is 11.7. The van der Waals surface area contributed by atoms with Crippen LogP contribution in [0.15, 0.2) is 66.1 Å². The van der Waals surface area contributed by atoms with E-state index in [1.54, 1.807) is 19.1 Å². The van der Waals surface area contributed by atoms with Crippen molar-refractivity contribution in [2.45, 2.75) is 32.1 Å². The number of aliphatic hydroxyl groups is 1. The number of hydrogen-bond donors (Lipinski definition) is 1. The van der Waals surface area contributed by atoms with Crippen molar-refractivity contribution < 1.29 is 46.3 Å². The molecule has 0 heterocycles. The molecule has 1 N–H and O–H groups in total. The van der Waals surface area contributed by atoms with Crippen LogP contribution in [0.3, 0.4) is 0 Å². The minimum absolute atomic E-state index is 0.0461. The van der Waals surface area contributed by atoms with Crippen molar-refractivity contribution in [3.05, 3.63) is 66.8 Å². The zero-order chi connectivity index (χ0) is 27.4. The quantitative estimate of drug-likeness (QED) is 0.154. The first-order chi connectivity index (χ1) is 16.3. The largest absolute Gasteiger partial charge is 0.466 e. The SMILES string of the molecule is C=C(C)C(=O)OC.C=C(C)C(=O)OCCOS(=O)(=O)c1ccc(C)cc1.C=CC(=O)OCCCO. The lowest BCUT2D eigenvalue weighted by Gasteiger charge is -2.07. The molecule has 1 aromatic rings. The molecule has 0 unspecified atom stereocenters. The average molecular weight is 515 g/mol. The molecular weight excluding hydrogens is 480 g/mol. The zero-order valence-corrected chi connectivity index (χ0v) is 21.4. The second-order valence-corrected chi connectivity index (χ2v) is 8.34. The Bertz CT molecular complexity index is 947. The van der Waals surface area contributed by atoms with Crippen LogP contribution >= 0.6 is 0 Å². The molecule has 0 radical (unpaired) electrons. The van der Waals surface area contributed by atoms with Gasteiger partial charge in [0.1, 0.15) is 13.2 Å². The number of carbonyl (C=O) groups is 3. The van der Waals surface area contributed by atoms with Crippen LogP contribution in [0.2, 0.25) is 0 Å². The molecule has 0 aliphatic heterocycles. The Hall–Kier alpha value is -3.28. The predicted octanol–water partition coefficient (Wildman–Crippen LogP) is 2.65. The summed E-state index contributed by atoms with van der Waals surface area (Å²) in [6, 6.07) is 6.28. The minimum atomic E-state index is -3.81. The fourth-order valence-electron chi connectivity index (χ4n) is 1.64. The minimum Gasteiger partial charge on any atom is -0.466 e. The summed E-state index contributed by atoms with van der Waals surface area (Å²) in [6.07, 6.45) is 1.58. The van der Waals surface area contributed by atoms with Crippen LogP contribution < -0.4 is 0 Å². The standard InChI is InChI=1S/C13H16O5S.C6H10O3.C5H8O2/c1-10(2)13(14)17-8-9-18-19(15,16)12-6-4-11(3)5-7-12;1-2-6(8)9-5-3-4-7;1-4(2)5(6)7-3/h4-7H,1,8-9H2,2-3H3;2,7H,1,3-5H2;1H2,2-3H3. The van der Waals surface area contributed by atoms with Crippen LogP contribution in [-0.4, -0.2) is 65.0 Å². The van der Waals surface area contributed by atoms with E-state index in [4.69, 9.17) is 14.0 Å². The molecule has 0 aromatic heterocycles. The summed E-state index contributed by atoms with van der Waals surface area (Å²) in [4.78, 5) is 31.6. The highest BCUT2D eigenvalue weighted by Gasteiger charge is 2.15. The van der Waals surface area contributed by atoms with Gasteiger partial charge in [0, 0.05) is 30.2 Å². The molecule has 0 saturated heterocycles. The summed E-state index contributed by atoms with van der Waals surface area (Å²) < 4.78 is 41.7. The number of methoxy groups -OCH3 is 1. The van der Waals surface area contributed by atoms with Gasteiger partial charge in [0.05, 0.1) is 18.6 Å². The van der Waals surface area contributed by atoms with E-state index in [1.807, 2.05) is 6.92 Å². The van der Waals surface area contributed by atoms with Gasteiger partial charge in [0.15, 0.2) is 0 Å². The molecule has 0 aliphatic rings. The number of hydrogen-bond acceptors (Lipinski definition) is 10. The predicted molar refractivity (Wildman–Crippen MR) is 130 cm³/mol. The van der Waals surface area contributed by atoms with Crippen molar-refractivity contribution in [2.24, 2.45) is 0 Å². The Balaban J connectivity index is 0. The fourth-order valence-corrected chi connectivity index (χ4v) is 2.54. The summed E-state index contributed by atoms with van der Waals surface area (Å²) in [5, 5.41) is 8.23. The summed E-state index contributed by atoms with van der Waals surface area (Å²) in [6.45, 7) is 14.9. The lowest BCUT2D eigenvalue weighted by molar-refractivity contribution is -0.140. The van der Waals surface area contributed by atoms with Gasteiger partial charge in [-0.05, 0) is 32.9 Å². The number of aliphatic hydroxyl groups excluding tert-OH is 1. The molecule has 0 amide bonds. The van der Waals surface area contributed by atoms with Crippen LogP contribution in [0.1, 0.15) is 25.8 Å². The van der Waals surface area contributed by atoms with Gasteiger partial charge in [-0.1, -0.05) is 37.4 Å². The molecule has 0 aliphatic carbocycles. The molecule has 0 fully saturated rings. The van der Waals surface area contributed by atoms with Gasteiger partial charge in [0.2, 0.25) is 0 Å². The van der Waals surface area contributed by atoms with E-state index in [-0.39, 0.29) is 42.9 Å². The van der Waals surface area contributed by atoms with Gasteiger partial charge in [-0.15, -0.1) is 0 Å². The third-order valence-corrected chi connectivity index (χ3v) is 4.79. The van der Waals surface area contributed by atoms with Crippen molar-refractivity contribution in [3.63, 3.8) is 0 Å². The molecule has 10 nitrogen and oxygen atoms in total. The first kappa shape index (κ1) is 33.9. The first-order valence-electron chi connectivity index (χ1n) is 10.2. The zero-order valence-electron chi connectivity index (χ0n) is 20.6. The maximum atomic E-state index is 11.7. The lowest BCUT2D eigenvalue weighted by atomic mass is 10.2. The van der Waals surface area contributed by atoms with Crippen LogP contribution in [0.5, 0.6) is 0 Å². The number of benzene rings is 1. The second-order valence-electron chi connectivity index (χ2n) is 6.73. The third-order valence-electron chi connectivity index (χ3n) is 3.46. The van der Waals surface area contributed by atoms with Crippen LogP contribution in [0, 0.1) is 6.92 Å². The van der Waals surface area contributed by atoms with E-state index in [9.17, 15) is 22.8 Å². The molecule has 196 valence electrons. The van der Waals surface area contributed by atoms with Gasteiger partial charge in [-0.25, -0.2) is 14.4 Å². The van der Waals surface area contributed by atoms with Gasteiger partial charge in [-0.2, -0.15) is 8.42 Å². The van der Waals surface area contributed by atoms with Crippen LogP contribution in [0.25, 0.3) is 0 Å². The van der Waals surface area contributed by atoms with Crippen LogP contribution in [-0.2, 0) is 42.9 Å². The molecule has 35 heavy (non-hydrogen) atoms. The summed E-state index contributed by atoms with van der Waals surface area (Å²) in [5.41, 5.74) is 1.64.